The quantitative estimate of drug-likeness (QED) is 0.634. The first-order chi connectivity index (χ1) is 10.7. The van der Waals surface area contributed by atoms with Crippen molar-refractivity contribution in [1.29, 1.82) is 0 Å². The van der Waals surface area contributed by atoms with E-state index in [-0.39, 0.29) is 23.7 Å². The van der Waals surface area contributed by atoms with Crippen LogP contribution in [0.1, 0.15) is 18.4 Å². The molecule has 22 heavy (non-hydrogen) atoms. The molecule has 1 aromatic carbocycles. The summed E-state index contributed by atoms with van der Waals surface area (Å²) in [6.45, 7) is 0.529. The van der Waals surface area contributed by atoms with E-state index < -0.39 is 0 Å². The molecule has 4 atom stereocenters. The van der Waals surface area contributed by atoms with Gasteiger partial charge in [-0.3, -0.25) is 14.5 Å². The Bertz CT molecular complexity index is 655. The van der Waals surface area contributed by atoms with Crippen LogP contribution in [0.4, 0.5) is 0 Å². The minimum Gasteiger partial charge on any atom is -0.282 e. The number of carbonyl (C=O) groups excluding carboxylic acids is 2. The van der Waals surface area contributed by atoms with E-state index in [2.05, 4.69) is 24.3 Å². The molecule has 112 valence electrons. The standard InChI is InChI=1S/C19H19NO2/c21-17-15-13-6-7-14(19(13)9-10-19)16(15)18(22)20(17)11-8-12-4-2-1-3-5-12/h1-7,13-16H,8-11H2/t13-,14+,15-,16+. The third-order valence-electron chi connectivity index (χ3n) is 6.41. The van der Waals surface area contributed by atoms with Crippen LogP contribution >= 0.6 is 0 Å². The number of likely N-dealkylation sites (tertiary alicyclic amines) is 1. The predicted molar refractivity (Wildman–Crippen MR) is 81.6 cm³/mol. The third kappa shape index (κ3) is 1.42. The lowest BCUT2D eigenvalue weighted by Crippen LogP contribution is -2.36. The van der Waals surface area contributed by atoms with Gasteiger partial charge in [0, 0.05) is 6.54 Å². The van der Waals surface area contributed by atoms with Gasteiger partial charge in [0.25, 0.3) is 0 Å². The molecule has 1 saturated heterocycles. The van der Waals surface area contributed by atoms with Crippen molar-refractivity contribution >= 4 is 11.8 Å². The predicted octanol–water partition coefficient (Wildman–Crippen LogP) is 2.43. The smallest absolute Gasteiger partial charge is 0.233 e. The van der Waals surface area contributed by atoms with E-state index in [1.165, 1.54) is 18.4 Å². The molecule has 3 aliphatic carbocycles. The van der Waals surface area contributed by atoms with Crippen LogP contribution in [-0.4, -0.2) is 23.3 Å². The molecule has 0 unspecified atom stereocenters. The number of nitrogens with zero attached hydrogens (tertiary/aromatic N) is 1. The number of fused-ring (bicyclic) bond motifs is 3. The van der Waals surface area contributed by atoms with Crippen molar-refractivity contribution in [3.8, 4) is 0 Å². The Balaban J connectivity index is 1.38. The molecule has 4 aliphatic rings. The first-order valence-electron chi connectivity index (χ1n) is 8.30. The molecule has 0 radical (unpaired) electrons. The van der Waals surface area contributed by atoms with Crippen molar-refractivity contribution in [2.24, 2.45) is 29.1 Å². The topological polar surface area (TPSA) is 37.4 Å². The molecule has 3 fully saturated rings. The number of carbonyl (C=O) groups is 2. The second kappa shape index (κ2) is 4.09. The number of benzene rings is 1. The van der Waals surface area contributed by atoms with Gasteiger partial charge in [-0.05, 0) is 42.1 Å². The fraction of sp³-hybridized carbons (Fsp3) is 0.474. The zero-order valence-corrected chi connectivity index (χ0v) is 12.4. The van der Waals surface area contributed by atoms with Crippen LogP contribution in [0, 0.1) is 29.1 Å². The van der Waals surface area contributed by atoms with Crippen LogP contribution in [0.3, 0.4) is 0 Å². The van der Waals surface area contributed by atoms with Crippen LogP contribution in [-0.2, 0) is 16.0 Å². The van der Waals surface area contributed by atoms with Gasteiger partial charge < -0.3 is 0 Å². The second-order valence-corrected chi connectivity index (χ2v) is 7.28. The molecule has 2 bridgehead atoms. The van der Waals surface area contributed by atoms with Crippen LogP contribution in [0.2, 0.25) is 0 Å². The summed E-state index contributed by atoms with van der Waals surface area (Å²) in [5.41, 5.74) is 1.48. The molecule has 3 nitrogen and oxygen atoms in total. The van der Waals surface area contributed by atoms with E-state index in [9.17, 15) is 9.59 Å². The Labute approximate surface area is 130 Å². The molecule has 5 rings (SSSR count). The molecule has 2 amide bonds. The van der Waals surface area contributed by atoms with Crippen LogP contribution in [0.15, 0.2) is 42.5 Å². The van der Waals surface area contributed by atoms with Crippen molar-refractivity contribution in [2.45, 2.75) is 19.3 Å². The molecule has 1 heterocycles. The molecule has 0 N–H and O–H groups in total. The molecule has 2 saturated carbocycles. The van der Waals surface area contributed by atoms with Crippen molar-refractivity contribution < 1.29 is 9.59 Å². The van der Waals surface area contributed by atoms with E-state index in [4.69, 9.17) is 0 Å². The molecule has 1 aliphatic heterocycles. The average molecular weight is 293 g/mol. The molecule has 1 spiro atoms. The number of rotatable bonds is 3. The SMILES string of the molecule is O=C1[C@@H]2[C@H](C(=O)N1CCc1ccccc1)[C@H]1C=C[C@@H]2C12CC2. The van der Waals surface area contributed by atoms with Gasteiger partial charge in [0.2, 0.25) is 11.8 Å². The Hall–Kier alpha value is -1.90. The number of imide groups is 1. The normalized spacial score (nSPS) is 36.5. The number of amides is 2. The molecule has 3 heteroatoms. The van der Waals surface area contributed by atoms with Crippen LogP contribution < -0.4 is 0 Å². The molecular weight excluding hydrogens is 274 g/mol. The Morgan fingerprint density at radius 3 is 2.09 bits per heavy atom. The summed E-state index contributed by atoms with van der Waals surface area (Å²) in [4.78, 5) is 27.1. The van der Waals surface area contributed by atoms with Crippen LogP contribution in [0.5, 0.6) is 0 Å². The van der Waals surface area contributed by atoms with Crippen molar-refractivity contribution in [3.63, 3.8) is 0 Å². The summed E-state index contributed by atoms with van der Waals surface area (Å²) < 4.78 is 0. The monoisotopic (exact) mass is 293 g/mol. The fourth-order valence-corrected chi connectivity index (χ4v) is 5.25. The molecule has 1 aromatic rings. The third-order valence-corrected chi connectivity index (χ3v) is 6.41. The van der Waals surface area contributed by atoms with E-state index in [0.717, 1.165) is 6.42 Å². The molecule has 0 aromatic heterocycles. The van der Waals surface area contributed by atoms with Crippen molar-refractivity contribution in [2.75, 3.05) is 6.54 Å². The largest absolute Gasteiger partial charge is 0.282 e. The highest BCUT2D eigenvalue weighted by Crippen LogP contribution is 2.73. The van der Waals surface area contributed by atoms with E-state index in [1.807, 2.05) is 18.2 Å². The van der Waals surface area contributed by atoms with Gasteiger partial charge in [0.1, 0.15) is 0 Å². The van der Waals surface area contributed by atoms with Crippen molar-refractivity contribution in [3.05, 3.63) is 48.0 Å². The lowest BCUT2D eigenvalue weighted by molar-refractivity contribution is -0.141. The van der Waals surface area contributed by atoms with Gasteiger partial charge in [-0.2, -0.15) is 0 Å². The van der Waals surface area contributed by atoms with Gasteiger partial charge in [0.15, 0.2) is 0 Å². The Kier molecular flexibility index (Phi) is 2.35. The van der Waals surface area contributed by atoms with Crippen LogP contribution in [0.25, 0.3) is 0 Å². The van der Waals surface area contributed by atoms with E-state index >= 15 is 0 Å². The lowest BCUT2D eigenvalue weighted by Gasteiger charge is -2.21. The average Bonchev–Trinajstić information content (AvgIpc) is 3.14. The number of allylic oxidation sites excluding steroid dienone is 2. The summed E-state index contributed by atoms with van der Waals surface area (Å²) in [5.74, 6) is 0.742. The van der Waals surface area contributed by atoms with Gasteiger partial charge in [-0.1, -0.05) is 42.5 Å². The maximum Gasteiger partial charge on any atom is 0.233 e. The highest BCUT2D eigenvalue weighted by Gasteiger charge is 2.73. The van der Waals surface area contributed by atoms with Crippen molar-refractivity contribution in [1.82, 2.24) is 4.90 Å². The van der Waals surface area contributed by atoms with E-state index in [0.29, 0.717) is 23.8 Å². The maximum atomic E-state index is 12.8. The minimum absolute atomic E-state index is 0.0548. The summed E-state index contributed by atoms with van der Waals surface area (Å²) in [6.07, 6.45) is 7.61. The van der Waals surface area contributed by atoms with Gasteiger partial charge in [0.05, 0.1) is 11.8 Å². The number of hydrogen-bond acceptors (Lipinski definition) is 2. The highest BCUT2D eigenvalue weighted by molar-refractivity contribution is 6.06. The zero-order chi connectivity index (χ0) is 14.9. The summed E-state index contributed by atoms with van der Waals surface area (Å²) >= 11 is 0. The Morgan fingerprint density at radius 1 is 0.955 bits per heavy atom. The first kappa shape index (κ1) is 12.6. The van der Waals surface area contributed by atoms with E-state index in [1.54, 1.807) is 4.90 Å². The maximum absolute atomic E-state index is 12.8. The fourth-order valence-electron chi connectivity index (χ4n) is 5.25. The highest BCUT2D eigenvalue weighted by atomic mass is 16.2. The summed E-state index contributed by atoms with van der Waals surface area (Å²) in [7, 11) is 0. The lowest BCUT2D eigenvalue weighted by atomic mass is 9.85. The van der Waals surface area contributed by atoms with Gasteiger partial charge in [-0.15, -0.1) is 0 Å². The van der Waals surface area contributed by atoms with Gasteiger partial charge >= 0.3 is 0 Å². The summed E-state index contributed by atoms with van der Waals surface area (Å²) in [6, 6.07) is 10.1. The van der Waals surface area contributed by atoms with Gasteiger partial charge in [-0.25, -0.2) is 0 Å². The summed E-state index contributed by atoms with van der Waals surface area (Å²) in [5, 5.41) is 0. The molecular formula is C19H19NO2. The number of hydrogen-bond donors (Lipinski definition) is 0. The zero-order valence-electron chi connectivity index (χ0n) is 12.4. The first-order valence-corrected chi connectivity index (χ1v) is 8.30. The Morgan fingerprint density at radius 2 is 1.55 bits per heavy atom. The minimum atomic E-state index is -0.0548. The second-order valence-electron chi connectivity index (χ2n) is 7.28.